The van der Waals surface area contributed by atoms with E-state index in [1.807, 2.05) is 19.1 Å². The van der Waals surface area contributed by atoms with Crippen molar-refractivity contribution in [1.29, 1.82) is 0 Å². The van der Waals surface area contributed by atoms with Gasteiger partial charge in [-0.15, -0.1) is 0 Å². The van der Waals surface area contributed by atoms with Crippen LogP contribution in [0.2, 0.25) is 5.02 Å². The smallest absolute Gasteiger partial charge is 0.145 e. The molecule has 0 spiro atoms. The second-order valence-corrected chi connectivity index (χ2v) is 6.07. The first-order valence-corrected chi connectivity index (χ1v) is 7.11. The predicted molar refractivity (Wildman–Crippen MR) is 77.4 cm³/mol. The molecule has 1 unspecified atom stereocenters. The van der Waals surface area contributed by atoms with Crippen LogP contribution in [0.1, 0.15) is 22.8 Å². The van der Waals surface area contributed by atoms with Gasteiger partial charge in [-0.2, -0.15) is 0 Å². The molecule has 3 rings (SSSR count). The normalized spacial score (nSPS) is 17.2. The first-order chi connectivity index (χ1) is 9.02. The Bertz CT molecular complexity index is 606. The van der Waals surface area contributed by atoms with Crippen LogP contribution >= 0.6 is 27.5 Å². The van der Waals surface area contributed by atoms with Gasteiger partial charge in [-0.25, -0.2) is 4.39 Å². The Morgan fingerprint density at radius 3 is 2.79 bits per heavy atom. The summed E-state index contributed by atoms with van der Waals surface area (Å²) in [5.41, 5.74) is 3.20. The van der Waals surface area contributed by atoms with Crippen LogP contribution in [0.4, 0.5) is 4.39 Å². The summed E-state index contributed by atoms with van der Waals surface area (Å²) in [7, 11) is 0. The average molecular weight is 342 g/mol. The van der Waals surface area contributed by atoms with E-state index in [-0.39, 0.29) is 11.1 Å². The summed E-state index contributed by atoms with van der Waals surface area (Å²) in [6.45, 7) is 2.03. The lowest BCUT2D eigenvalue weighted by atomic mass is 10.0. The number of hydrogen-bond acceptors (Lipinski definition) is 1. The minimum Gasteiger partial charge on any atom is -0.485 e. The van der Waals surface area contributed by atoms with Crippen LogP contribution in [0.25, 0.3) is 0 Å². The number of fused-ring (bicyclic) bond motifs is 1. The van der Waals surface area contributed by atoms with Gasteiger partial charge < -0.3 is 4.74 Å². The van der Waals surface area contributed by atoms with E-state index in [1.54, 1.807) is 6.07 Å². The fourth-order valence-corrected chi connectivity index (χ4v) is 3.18. The minimum atomic E-state index is -0.438. The molecule has 2 aromatic rings. The lowest BCUT2D eigenvalue weighted by Crippen LogP contribution is -2.03. The Hall–Kier alpha value is -1.06. The van der Waals surface area contributed by atoms with E-state index < -0.39 is 5.82 Å². The number of hydrogen-bond donors (Lipinski definition) is 0. The molecule has 2 aromatic carbocycles. The van der Waals surface area contributed by atoms with Crippen LogP contribution in [0.5, 0.6) is 5.75 Å². The molecule has 0 amide bonds. The molecule has 0 aromatic heterocycles. The third kappa shape index (κ3) is 2.49. The number of benzene rings is 2. The molecule has 19 heavy (non-hydrogen) atoms. The van der Waals surface area contributed by atoms with Gasteiger partial charge in [0.25, 0.3) is 0 Å². The summed E-state index contributed by atoms with van der Waals surface area (Å²) in [5.74, 6) is 0.149. The van der Waals surface area contributed by atoms with Crippen molar-refractivity contribution in [3.05, 3.63) is 62.3 Å². The lowest BCUT2D eigenvalue weighted by molar-refractivity contribution is 0.238. The monoisotopic (exact) mass is 340 g/mol. The molecule has 0 bridgehead atoms. The summed E-state index contributed by atoms with van der Waals surface area (Å²) >= 11 is 9.28. The van der Waals surface area contributed by atoms with Crippen molar-refractivity contribution in [2.45, 2.75) is 19.4 Å². The molecule has 98 valence electrons. The highest BCUT2D eigenvalue weighted by atomic mass is 79.9. The topological polar surface area (TPSA) is 9.23 Å². The molecule has 1 aliphatic heterocycles. The second kappa shape index (κ2) is 4.80. The number of aryl methyl sites for hydroxylation is 1. The summed E-state index contributed by atoms with van der Waals surface area (Å²) in [4.78, 5) is 0. The van der Waals surface area contributed by atoms with Gasteiger partial charge in [0, 0.05) is 17.0 Å². The Labute approximate surface area is 124 Å². The Morgan fingerprint density at radius 2 is 2.05 bits per heavy atom. The molecule has 0 aliphatic carbocycles. The zero-order chi connectivity index (χ0) is 13.6. The highest BCUT2D eigenvalue weighted by Crippen LogP contribution is 2.39. The summed E-state index contributed by atoms with van der Waals surface area (Å²) in [5, 5.41) is 0.147. The average Bonchev–Trinajstić information content (AvgIpc) is 2.71. The number of rotatable bonds is 1. The Balaban J connectivity index is 1.95. The third-order valence-electron chi connectivity index (χ3n) is 3.21. The predicted octanol–water partition coefficient (Wildman–Crippen LogP) is 5.23. The molecule has 1 nitrogen and oxygen atoms in total. The minimum absolute atomic E-state index is 0.0796. The van der Waals surface area contributed by atoms with E-state index in [0.717, 1.165) is 21.2 Å². The van der Waals surface area contributed by atoms with Crippen molar-refractivity contribution >= 4 is 27.5 Å². The quantitative estimate of drug-likeness (QED) is 0.690. The SMILES string of the molecule is Cc1cc(Br)cc(C2Cc3cc(Cl)c(F)cc3O2)c1. The molecular formula is C15H11BrClFO. The molecule has 0 fully saturated rings. The number of ether oxygens (including phenoxy) is 1. The second-order valence-electron chi connectivity index (χ2n) is 4.75. The van der Waals surface area contributed by atoms with E-state index in [1.165, 1.54) is 6.07 Å². The van der Waals surface area contributed by atoms with Gasteiger partial charge in [0.15, 0.2) is 0 Å². The molecule has 1 heterocycles. The van der Waals surface area contributed by atoms with Crippen molar-refractivity contribution in [2.75, 3.05) is 0 Å². The van der Waals surface area contributed by atoms with Gasteiger partial charge in [0.1, 0.15) is 17.7 Å². The molecule has 1 aliphatic rings. The van der Waals surface area contributed by atoms with Crippen LogP contribution in [0, 0.1) is 12.7 Å². The van der Waals surface area contributed by atoms with Gasteiger partial charge in [-0.05, 0) is 41.8 Å². The van der Waals surface area contributed by atoms with Gasteiger partial charge in [-0.3, -0.25) is 0 Å². The van der Waals surface area contributed by atoms with E-state index in [2.05, 4.69) is 22.0 Å². The largest absolute Gasteiger partial charge is 0.485 e. The highest BCUT2D eigenvalue weighted by Gasteiger charge is 2.26. The van der Waals surface area contributed by atoms with E-state index in [0.29, 0.717) is 12.2 Å². The van der Waals surface area contributed by atoms with Gasteiger partial charge in [-0.1, -0.05) is 33.6 Å². The molecule has 0 saturated heterocycles. The van der Waals surface area contributed by atoms with E-state index in [4.69, 9.17) is 16.3 Å². The van der Waals surface area contributed by atoms with E-state index in [9.17, 15) is 4.39 Å². The maximum Gasteiger partial charge on any atom is 0.145 e. The molecule has 1 atom stereocenters. The molecular weight excluding hydrogens is 331 g/mol. The fraction of sp³-hybridized carbons (Fsp3) is 0.200. The van der Waals surface area contributed by atoms with Crippen LogP contribution in [-0.2, 0) is 6.42 Å². The summed E-state index contributed by atoms with van der Waals surface area (Å²) < 4.78 is 20.3. The molecule has 4 heteroatoms. The van der Waals surface area contributed by atoms with Gasteiger partial charge in [0.2, 0.25) is 0 Å². The maximum atomic E-state index is 13.4. The van der Waals surface area contributed by atoms with Crippen LogP contribution in [-0.4, -0.2) is 0 Å². The highest BCUT2D eigenvalue weighted by molar-refractivity contribution is 9.10. The van der Waals surface area contributed by atoms with Crippen LogP contribution in [0.15, 0.2) is 34.8 Å². The van der Waals surface area contributed by atoms with E-state index >= 15 is 0 Å². The maximum absolute atomic E-state index is 13.4. The van der Waals surface area contributed by atoms with Crippen molar-refractivity contribution in [1.82, 2.24) is 0 Å². The standard InChI is InChI=1S/C15H11BrClFO/c1-8-2-9(4-11(16)3-8)14-6-10-5-12(17)13(18)7-15(10)19-14/h2-5,7,14H,6H2,1H3. The van der Waals surface area contributed by atoms with Crippen LogP contribution < -0.4 is 4.74 Å². The van der Waals surface area contributed by atoms with Gasteiger partial charge >= 0.3 is 0 Å². The Morgan fingerprint density at radius 1 is 1.26 bits per heavy atom. The van der Waals surface area contributed by atoms with Crippen molar-refractivity contribution in [3.63, 3.8) is 0 Å². The van der Waals surface area contributed by atoms with Crippen molar-refractivity contribution in [3.8, 4) is 5.75 Å². The lowest BCUT2D eigenvalue weighted by Gasteiger charge is -2.12. The molecule has 0 radical (unpaired) electrons. The third-order valence-corrected chi connectivity index (χ3v) is 3.96. The first-order valence-electron chi connectivity index (χ1n) is 5.94. The zero-order valence-corrected chi connectivity index (χ0v) is 12.6. The number of halogens is 3. The van der Waals surface area contributed by atoms with Gasteiger partial charge in [0.05, 0.1) is 5.02 Å². The zero-order valence-electron chi connectivity index (χ0n) is 10.2. The first kappa shape index (κ1) is 12.9. The summed E-state index contributed by atoms with van der Waals surface area (Å²) in [6.07, 6.45) is 0.634. The molecule has 0 N–H and O–H groups in total. The fourth-order valence-electron chi connectivity index (χ4n) is 2.37. The van der Waals surface area contributed by atoms with Crippen molar-refractivity contribution in [2.24, 2.45) is 0 Å². The van der Waals surface area contributed by atoms with Crippen LogP contribution in [0.3, 0.4) is 0 Å². The molecule has 0 saturated carbocycles. The Kier molecular flexibility index (Phi) is 3.27. The summed E-state index contributed by atoms with van der Waals surface area (Å²) in [6, 6.07) is 9.17. The van der Waals surface area contributed by atoms with Crippen molar-refractivity contribution < 1.29 is 9.13 Å².